The van der Waals surface area contributed by atoms with Crippen LogP contribution >= 0.6 is 0 Å². The van der Waals surface area contributed by atoms with Crippen molar-refractivity contribution < 1.29 is 14.6 Å². The van der Waals surface area contributed by atoms with E-state index in [-0.39, 0.29) is 6.61 Å². The number of aryl methyl sites for hydroxylation is 2. The van der Waals surface area contributed by atoms with Crippen LogP contribution < -0.4 is 9.47 Å². The molecule has 1 N–H and O–H groups in total. The lowest BCUT2D eigenvalue weighted by Crippen LogP contribution is -2.24. The van der Waals surface area contributed by atoms with Gasteiger partial charge in [0.25, 0.3) is 0 Å². The summed E-state index contributed by atoms with van der Waals surface area (Å²) in [4.78, 5) is 4.82. The molecule has 160 valence electrons. The second-order valence-corrected chi connectivity index (χ2v) is 7.86. The van der Waals surface area contributed by atoms with E-state index in [2.05, 4.69) is 18.4 Å². The van der Waals surface area contributed by atoms with Crippen LogP contribution in [0.25, 0.3) is 11.0 Å². The van der Waals surface area contributed by atoms with Crippen LogP contribution in [0.15, 0.2) is 66.7 Å². The number of ether oxygens (including phenoxy) is 2. The first-order chi connectivity index (χ1) is 15.0. The Kier molecular flexibility index (Phi) is 6.23. The number of benzene rings is 3. The largest absolute Gasteiger partial charge is 0.497 e. The maximum Gasteiger partial charge on any atom is 0.119 e. The van der Waals surface area contributed by atoms with Crippen LogP contribution in [-0.4, -0.2) is 34.5 Å². The monoisotopic (exact) mass is 416 g/mol. The van der Waals surface area contributed by atoms with Crippen molar-refractivity contribution in [1.82, 2.24) is 9.55 Å². The van der Waals surface area contributed by atoms with Crippen LogP contribution in [0.5, 0.6) is 11.5 Å². The van der Waals surface area contributed by atoms with E-state index in [4.69, 9.17) is 14.5 Å². The highest BCUT2D eigenvalue weighted by Gasteiger charge is 2.15. The molecule has 3 aromatic carbocycles. The van der Waals surface area contributed by atoms with Gasteiger partial charge < -0.3 is 19.1 Å². The van der Waals surface area contributed by atoms with Gasteiger partial charge in [-0.25, -0.2) is 4.98 Å². The van der Waals surface area contributed by atoms with E-state index in [1.807, 2.05) is 66.7 Å². The zero-order valence-corrected chi connectivity index (χ0v) is 18.2. The highest BCUT2D eigenvalue weighted by atomic mass is 16.5. The van der Waals surface area contributed by atoms with Gasteiger partial charge in [0, 0.05) is 6.42 Å². The van der Waals surface area contributed by atoms with Crippen molar-refractivity contribution in [2.24, 2.45) is 0 Å². The smallest absolute Gasteiger partial charge is 0.119 e. The molecule has 4 aromatic rings. The van der Waals surface area contributed by atoms with Gasteiger partial charge in [0.15, 0.2) is 0 Å². The number of para-hydroxylation sites is 2. The molecule has 0 amide bonds. The molecule has 0 aliphatic rings. The molecule has 0 aliphatic heterocycles. The minimum atomic E-state index is -0.658. The summed E-state index contributed by atoms with van der Waals surface area (Å²) in [6.07, 6.45) is 0.0116. The normalized spacial score (nSPS) is 12.1. The number of hydrogen-bond acceptors (Lipinski definition) is 4. The van der Waals surface area contributed by atoms with Gasteiger partial charge in [0.05, 0.1) is 24.7 Å². The first kappa shape index (κ1) is 20.9. The van der Waals surface area contributed by atoms with Gasteiger partial charge in [-0.1, -0.05) is 30.3 Å². The van der Waals surface area contributed by atoms with E-state index in [0.29, 0.717) is 13.0 Å². The summed E-state index contributed by atoms with van der Waals surface area (Å²) in [6, 6.07) is 22.0. The predicted molar refractivity (Wildman–Crippen MR) is 123 cm³/mol. The molecule has 0 saturated heterocycles. The third kappa shape index (κ3) is 4.89. The molecule has 0 bridgehead atoms. The van der Waals surface area contributed by atoms with Crippen LogP contribution in [0, 0.1) is 13.8 Å². The number of nitrogens with zero attached hydrogens (tertiary/aromatic N) is 2. The van der Waals surface area contributed by atoms with Crippen molar-refractivity contribution >= 4 is 11.0 Å². The Morgan fingerprint density at radius 2 is 1.68 bits per heavy atom. The number of rotatable bonds is 8. The van der Waals surface area contributed by atoms with Crippen LogP contribution in [0.3, 0.4) is 0 Å². The summed E-state index contributed by atoms with van der Waals surface area (Å²) in [5.41, 5.74) is 5.47. The Morgan fingerprint density at radius 3 is 2.42 bits per heavy atom. The van der Waals surface area contributed by atoms with Gasteiger partial charge in [-0.15, -0.1) is 0 Å². The van der Waals surface area contributed by atoms with Gasteiger partial charge >= 0.3 is 0 Å². The van der Waals surface area contributed by atoms with E-state index in [1.54, 1.807) is 7.11 Å². The molecule has 0 unspecified atom stereocenters. The van der Waals surface area contributed by atoms with Crippen LogP contribution in [-0.2, 0) is 13.0 Å². The maximum atomic E-state index is 10.7. The summed E-state index contributed by atoms with van der Waals surface area (Å²) in [6.45, 7) is 4.76. The van der Waals surface area contributed by atoms with Crippen LogP contribution in [0.4, 0.5) is 0 Å². The average Bonchev–Trinajstić information content (AvgIpc) is 3.12. The van der Waals surface area contributed by atoms with Crippen LogP contribution in [0.1, 0.15) is 22.5 Å². The zero-order valence-electron chi connectivity index (χ0n) is 18.2. The Hall–Kier alpha value is -3.31. The van der Waals surface area contributed by atoms with E-state index in [1.165, 1.54) is 11.1 Å². The predicted octanol–water partition coefficient (Wildman–Crippen LogP) is 4.69. The number of methoxy groups -OCH3 is 1. The third-order valence-electron chi connectivity index (χ3n) is 5.57. The molecule has 0 spiro atoms. The van der Waals surface area contributed by atoms with E-state index >= 15 is 0 Å². The number of hydrogen-bond donors (Lipinski definition) is 1. The van der Waals surface area contributed by atoms with Gasteiger partial charge in [-0.3, -0.25) is 0 Å². The van der Waals surface area contributed by atoms with Crippen molar-refractivity contribution in [1.29, 1.82) is 0 Å². The second-order valence-electron chi connectivity index (χ2n) is 7.86. The fourth-order valence-electron chi connectivity index (χ4n) is 3.65. The van der Waals surface area contributed by atoms with E-state index in [0.717, 1.165) is 33.9 Å². The molecule has 5 heteroatoms. The Labute approximate surface area is 182 Å². The molecule has 0 fully saturated rings. The molecule has 1 heterocycles. The molecule has 31 heavy (non-hydrogen) atoms. The topological polar surface area (TPSA) is 56.5 Å². The van der Waals surface area contributed by atoms with Crippen molar-refractivity contribution in [2.45, 2.75) is 32.9 Å². The molecule has 0 aliphatic carbocycles. The fraction of sp³-hybridized carbons (Fsp3) is 0.269. The van der Waals surface area contributed by atoms with Crippen molar-refractivity contribution in [3.8, 4) is 11.5 Å². The second kappa shape index (κ2) is 9.23. The van der Waals surface area contributed by atoms with Crippen LogP contribution in [0.2, 0.25) is 0 Å². The molecule has 0 radical (unpaired) electrons. The lowest BCUT2D eigenvalue weighted by molar-refractivity contribution is 0.0927. The summed E-state index contributed by atoms with van der Waals surface area (Å²) in [5.74, 6) is 2.52. The highest BCUT2D eigenvalue weighted by Crippen LogP contribution is 2.21. The summed E-state index contributed by atoms with van der Waals surface area (Å²) < 4.78 is 13.2. The molecule has 5 nitrogen and oxygen atoms in total. The number of aliphatic hydroxyl groups is 1. The first-order valence-electron chi connectivity index (χ1n) is 10.5. The van der Waals surface area contributed by atoms with E-state index in [9.17, 15) is 5.11 Å². The van der Waals surface area contributed by atoms with Crippen molar-refractivity contribution in [2.75, 3.05) is 13.7 Å². The summed E-state index contributed by atoms with van der Waals surface area (Å²) >= 11 is 0. The van der Waals surface area contributed by atoms with Gasteiger partial charge in [-0.2, -0.15) is 0 Å². The molecular weight excluding hydrogens is 388 g/mol. The Bertz CT molecular complexity index is 1170. The number of imidazole rings is 1. The first-order valence-corrected chi connectivity index (χ1v) is 10.5. The fourth-order valence-corrected chi connectivity index (χ4v) is 3.65. The average molecular weight is 417 g/mol. The minimum Gasteiger partial charge on any atom is -0.497 e. The zero-order chi connectivity index (χ0) is 21.8. The molecule has 4 rings (SSSR count). The van der Waals surface area contributed by atoms with Gasteiger partial charge in [-0.05, 0) is 66.9 Å². The summed E-state index contributed by atoms with van der Waals surface area (Å²) in [7, 11) is 1.66. The lowest BCUT2D eigenvalue weighted by atomic mass is 10.1. The summed E-state index contributed by atoms with van der Waals surface area (Å²) in [5, 5.41) is 10.7. The number of aliphatic hydroxyl groups excluding tert-OH is 1. The minimum absolute atomic E-state index is 0.219. The standard InChI is InChI=1S/C26H28N2O3/c1-18-8-11-23(14-19(18)2)31-17-21(29)16-28-25-7-5-4-6-24(25)27-26(28)15-20-9-12-22(30-3)13-10-20/h4-14,21,29H,15-17H2,1-3H3/t21-/m0/s1. The Morgan fingerprint density at radius 1 is 0.935 bits per heavy atom. The highest BCUT2D eigenvalue weighted by molar-refractivity contribution is 5.76. The lowest BCUT2D eigenvalue weighted by Gasteiger charge is -2.16. The van der Waals surface area contributed by atoms with E-state index < -0.39 is 6.10 Å². The van der Waals surface area contributed by atoms with Gasteiger partial charge in [0.1, 0.15) is 30.0 Å². The number of fused-ring (bicyclic) bond motifs is 1. The maximum absolute atomic E-state index is 10.7. The van der Waals surface area contributed by atoms with Crippen molar-refractivity contribution in [3.05, 3.63) is 89.2 Å². The molecule has 1 aromatic heterocycles. The molecular formula is C26H28N2O3. The molecule has 1 atom stereocenters. The van der Waals surface area contributed by atoms with Gasteiger partial charge in [0.2, 0.25) is 0 Å². The Balaban J connectivity index is 1.52. The molecule has 0 saturated carbocycles. The quantitative estimate of drug-likeness (QED) is 0.453. The number of aromatic nitrogens is 2. The SMILES string of the molecule is COc1ccc(Cc2nc3ccccc3n2C[C@H](O)COc2ccc(C)c(C)c2)cc1. The third-order valence-corrected chi connectivity index (χ3v) is 5.57. The van der Waals surface area contributed by atoms with Crippen molar-refractivity contribution in [3.63, 3.8) is 0 Å².